The highest BCUT2D eigenvalue weighted by molar-refractivity contribution is 7.98. The van der Waals surface area contributed by atoms with Gasteiger partial charge < -0.3 is 15.7 Å². The van der Waals surface area contributed by atoms with E-state index in [9.17, 15) is 18.7 Å². The lowest BCUT2D eigenvalue weighted by Gasteiger charge is -2.14. The molecule has 0 aromatic heterocycles. The van der Waals surface area contributed by atoms with E-state index in [1.165, 1.54) is 36.0 Å². The lowest BCUT2D eigenvalue weighted by molar-refractivity contribution is 0.170. The van der Waals surface area contributed by atoms with Crippen LogP contribution < -0.4 is 10.6 Å². The van der Waals surface area contributed by atoms with Gasteiger partial charge in [0.25, 0.3) is 0 Å². The molecule has 2 amide bonds. The number of nitrogens with one attached hydrogen (secondary N) is 2. The molecule has 7 heteroatoms. The Bertz CT molecular complexity index is 698. The van der Waals surface area contributed by atoms with Gasteiger partial charge in [-0.25, -0.2) is 13.6 Å². The Kier molecular flexibility index (Phi) is 5.95. The fourth-order valence-electron chi connectivity index (χ4n) is 1.96. The maximum atomic E-state index is 13.6. The highest BCUT2D eigenvalue weighted by Crippen LogP contribution is 2.22. The topological polar surface area (TPSA) is 61.4 Å². The van der Waals surface area contributed by atoms with E-state index in [4.69, 9.17) is 0 Å². The summed E-state index contributed by atoms with van der Waals surface area (Å²) < 4.78 is 27.1. The van der Waals surface area contributed by atoms with E-state index in [0.29, 0.717) is 4.90 Å². The van der Waals surface area contributed by atoms with Crippen LogP contribution in [0.3, 0.4) is 0 Å². The number of halogens is 2. The quantitative estimate of drug-likeness (QED) is 0.731. The molecule has 23 heavy (non-hydrogen) atoms. The summed E-state index contributed by atoms with van der Waals surface area (Å²) in [4.78, 5) is 12.2. The molecule has 0 radical (unpaired) electrons. The van der Waals surface area contributed by atoms with Crippen molar-refractivity contribution in [1.82, 2.24) is 5.32 Å². The van der Waals surface area contributed by atoms with Crippen LogP contribution in [-0.2, 0) is 0 Å². The first-order chi connectivity index (χ1) is 11.0. The van der Waals surface area contributed by atoms with Crippen LogP contribution in [0.4, 0.5) is 19.3 Å². The summed E-state index contributed by atoms with van der Waals surface area (Å²) in [6, 6.07) is 9.50. The molecule has 1 atom stereocenters. The SMILES string of the molecule is CSc1ccc(NC(=O)NCC(O)c2ccccc2F)cc1F. The molecule has 0 fully saturated rings. The Morgan fingerprint density at radius 3 is 2.61 bits per heavy atom. The first-order valence-electron chi connectivity index (χ1n) is 6.82. The first kappa shape index (κ1) is 17.2. The molecule has 3 N–H and O–H groups in total. The second-order valence-corrected chi connectivity index (χ2v) is 5.57. The fraction of sp³-hybridized carbons (Fsp3) is 0.188. The van der Waals surface area contributed by atoms with E-state index in [0.717, 1.165) is 0 Å². The Hall–Kier alpha value is -2.12. The molecule has 2 aromatic rings. The van der Waals surface area contributed by atoms with Gasteiger partial charge in [0.05, 0.1) is 6.10 Å². The van der Waals surface area contributed by atoms with Gasteiger partial charge in [-0.2, -0.15) is 0 Å². The summed E-state index contributed by atoms with van der Waals surface area (Å²) in [6.07, 6.45) is 0.583. The van der Waals surface area contributed by atoms with E-state index in [1.54, 1.807) is 24.5 Å². The normalized spacial score (nSPS) is 11.8. The van der Waals surface area contributed by atoms with Gasteiger partial charge in [0.2, 0.25) is 0 Å². The number of thioether (sulfide) groups is 1. The molecule has 1 unspecified atom stereocenters. The Balaban J connectivity index is 1.90. The van der Waals surface area contributed by atoms with Crippen molar-refractivity contribution >= 4 is 23.5 Å². The lowest BCUT2D eigenvalue weighted by atomic mass is 10.1. The average Bonchev–Trinajstić information content (AvgIpc) is 2.53. The molecule has 0 aliphatic carbocycles. The molecule has 2 rings (SSSR count). The number of carbonyl (C=O) groups excluding carboxylic acids is 1. The molecule has 4 nitrogen and oxygen atoms in total. The molecule has 0 bridgehead atoms. The van der Waals surface area contributed by atoms with Gasteiger partial charge in [0.15, 0.2) is 0 Å². The maximum Gasteiger partial charge on any atom is 0.319 e. The number of anilines is 1. The van der Waals surface area contributed by atoms with Gasteiger partial charge in [-0.05, 0) is 30.5 Å². The predicted molar refractivity (Wildman–Crippen MR) is 86.6 cm³/mol. The second-order valence-electron chi connectivity index (χ2n) is 4.72. The molecule has 0 saturated heterocycles. The van der Waals surface area contributed by atoms with Crippen molar-refractivity contribution in [1.29, 1.82) is 0 Å². The van der Waals surface area contributed by atoms with Gasteiger partial charge in [-0.1, -0.05) is 18.2 Å². The van der Waals surface area contributed by atoms with Crippen molar-refractivity contribution < 1.29 is 18.7 Å². The summed E-state index contributed by atoms with van der Waals surface area (Å²) in [5.41, 5.74) is 0.390. The maximum absolute atomic E-state index is 13.6. The van der Waals surface area contributed by atoms with Crippen LogP contribution in [0.5, 0.6) is 0 Å². The third-order valence-electron chi connectivity index (χ3n) is 3.13. The van der Waals surface area contributed by atoms with Gasteiger partial charge in [0.1, 0.15) is 11.6 Å². The minimum absolute atomic E-state index is 0.100. The van der Waals surface area contributed by atoms with Crippen LogP contribution in [0.25, 0.3) is 0 Å². The van der Waals surface area contributed by atoms with Gasteiger partial charge in [-0.15, -0.1) is 11.8 Å². The van der Waals surface area contributed by atoms with Crippen LogP contribution in [0.1, 0.15) is 11.7 Å². The van der Waals surface area contributed by atoms with Gasteiger partial charge in [-0.3, -0.25) is 0 Å². The second kappa shape index (κ2) is 7.94. The van der Waals surface area contributed by atoms with Crippen molar-refractivity contribution in [2.45, 2.75) is 11.0 Å². The monoisotopic (exact) mass is 338 g/mol. The summed E-state index contributed by atoms with van der Waals surface area (Å²) in [7, 11) is 0. The highest BCUT2D eigenvalue weighted by atomic mass is 32.2. The molecule has 122 valence electrons. The third kappa shape index (κ3) is 4.67. The molecular weight excluding hydrogens is 322 g/mol. The number of urea groups is 1. The van der Waals surface area contributed by atoms with Crippen molar-refractivity contribution in [3.8, 4) is 0 Å². The zero-order chi connectivity index (χ0) is 16.8. The van der Waals surface area contributed by atoms with Crippen molar-refractivity contribution in [2.75, 3.05) is 18.1 Å². The van der Waals surface area contributed by atoms with Crippen LogP contribution in [0, 0.1) is 11.6 Å². The van der Waals surface area contributed by atoms with E-state index in [-0.39, 0.29) is 17.8 Å². The number of amides is 2. The Labute approximate surface area is 136 Å². The Morgan fingerprint density at radius 1 is 1.22 bits per heavy atom. The smallest absolute Gasteiger partial charge is 0.319 e. The fourth-order valence-corrected chi connectivity index (χ4v) is 2.42. The third-order valence-corrected chi connectivity index (χ3v) is 3.90. The zero-order valence-corrected chi connectivity index (χ0v) is 13.2. The summed E-state index contributed by atoms with van der Waals surface area (Å²) in [5.74, 6) is -0.973. The average molecular weight is 338 g/mol. The first-order valence-corrected chi connectivity index (χ1v) is 8.04. The van der Waals surface area contributed by atoms with Crippen LogP contribution in [-0.4, -0.2) is 23.9 Å². The summed E-state index contributed by atoms with van der Waals surface area (Å²) >= 11 is 1.26. The van der Waals surface area contributed by atoms with Gasteiger partial charge >= 0.3 is 6.03 Å². The highest BCUT2D eigenvalue weighted by Gasteiger charge is 2.13. The van der Waals surface area contributed by atoms with E-state index in [1.807, 2.05) is 0 Å². The van der Waals surface area contributed by atoms with Crippen molar-refractivity contribution in [2.24, 2.45) is 0 Å². The zero-order valence-electron chi connectivity index (χ0n) is 12.3. The minimum atomic E-state index is -1.17. The van der Waals surface area contributed by atoms with Crippen LogP contribution in [0.2, 0.25) is 0 Å². The van der Waals surface area contributed by atoms with E-state index in [2.05, 4.69) is 10.6 Å². The number of hydrogen-bond donors (Lipinski definition) is 3. The summed E-state index contributed by atoms with van der Waals surface area (Å²) in [5, 5.41) is 14.7. The van der Waals surface area contributed by atoms with Crippen molar-refractivity contribution in [3.63, 3.8) is 0 Å². The molecular formula is C16H16F2N2O2S. The minimum Gasteiger partial charge on any atom is -0.386 e. The van der Waals surface area contributed by atoms with E-state index >= 15 is 0 Å². The van der Waals surface area contributed by atoms with Crippen molar-refractivity contribution in [3.05, 3.63) is 59.7 Å². The largest absolute Gasteiger partial charge is 0.386 e. The number of benzene rings is 2. The molecule has 2 aromatic carbocycles. The van der Waals surface area contributed by atoms with E-state index < -0.39 is 23.8 Å². The number of carbonyl (C=O) groups is 1. The van der Waals surface area contributed by atoms with Crippen LogP contribution in [0.15, 0.2) is 47.4 Å². The molecule has 0 heterocycles. The number of rotatable bonds is 5. The number of aliphatic hydroxyl groups excluding tert-OH is 1. The lowest BCUT2D eigenvalue weighted by Crippen LogP contribution is -2.32. The molecule has 0 saturated carbocycles. The standard InChI is InChI=1S/C16H16F2N2O2S/c1-23-15-7-6-10(8-13(15)18)20-16(22)19-9-14(21)11-4-2-3-5-12(11)17/h2-8,14,21H,9H2,1H3,(H2,19,20,22). The molecule has 0 spiro atoms. The Morgan fingerprint density at radius 2 is 1.96 bits per heavy atom. The number of aliphatic hydroxyl groups is 1. The summed E-state index contributed by atoms with van der Waals surface area (Å²) in [6.45, 7) is -0.169. The van der Waals surface area contributed by atoms with Crippen LogP contribution >= 0.6 is 11.8 Å². The molecule has 0 aliphatic rings. The van der Waals surface area contributed by atoms with Gasteiger partial charge in [0, 0.05) is 22.7 Å². The molecule has 0 aliphatic heterocycles. The predicted octanol–water partition coefficient (Wildman–Crippen LogP) is 3.54. The number of hydrogen-bond acceptors (Lipinski definition) is 3.